The second-order valence-electron chi connectivity index (χ2n) is 2.32. The van der Waals surface area contributed by atoms with Gasteiger partial charge in [0.05, 0.1) is 5.56 Å². The summed E-state index contributed by atoms with van der Waals surface area (Å²) in [5.41, 5.74) is 0.109. The maximum absolute atomic E-state index is 11.0. The number of benzene rings is 1. The van der Waals surface area contributed by atoms with Gasteiger partial charge in [-0.15, -0.1) is 0 Å². The third-order valence-electron chi connectivity index (χ3n) is 1.56. The second-order valence-corrected chi connectivity index (χ2v) is 3.84. The van der Waals surface area contributed by atoms with E-state index in [0.717, 1.165) is 0 Å². The average Bonchev–Trinajstić information content (AvgIpc) is 2.25. The predicted octanol–water partition coefficient (Wildman–Crippen LogP) is 0.546. The van der Waals surface area contributed by atoms with Gasteiger partial charge in [-0.25, -0.2) is 4.79 Å². The molecule has 0 spiro atoms. The fraction of sp³-hybridized carbons (Fsp3) is 0. The minimum Gasteiger partial charge on any atom is -0.338 e. The van der Waals surface area contributed by atoms with Crippen LogP contribution in [0.25, 0.3) is 0 Å². The molecule has 0 fully saturated rings. The SMILES string of the molecule is O=C1OS(=O)(=O)c2ccccc21. The van der Waals surface area contributed by atoms with E-state index in [-0.39, 0.29) is 10.5 Å². The third kappa shape index (κ3) is 0.831. The zero-order valence-electron chi connectivity index (χ0n) is 5.85. The molecular weight excluding hydrogens is 180 g/mol. The lowest BCUT2D eigenvalue weighted by molar-refractivity contribution is 0.0762. The quantitative estimate of drug-likeness (QED) is 0.552. The van der Waals surface area contributed by atoms with Gasteiger partial charge in [0.2, 0.25) is 0 Å². The molecule has 0 aliphatic carbocycles. The molecule has 1 heterocycles. The molecule has 0 amide bonds. The molecule has 1 aromatic carbocycles. The number of carbonyl (C=O) groups excluding carboxylic acids is 1. The highest BCUT2D eigenvalue weighted by atomic mass is 32.2. The molecule has 1 aliphatic rings. The van der Waals surface area contributed by atoms with Crippen LogP contribution in [0.3, 0.4) is 0 Å². The van der Waals surface area contributed by atoms with Gasteiger partial charge in [-0.2, -0.15) is 8.42 Å². The van der Waals surface area contributed by atoms with Crippen LogP contribution in [0.4, 0.5) is 0 Å². The molecule has 0 bridgehead atoms. The van der Waals surface area contributed by atoms with Gasteiger partial charge >= 0.3 is 16.1 Å². The van der Waals surface area contributed by atoms with Gasteiger partial charge in [0.25, 0.3) is 0 Å². The Kier molecular flexibility index (Phi) is 1.26. The van der Waals surface area contributed by atoms with Crippen molar-refractivity contribution < 1.29 is 17.4 Å². The van der Waals surface area contributed by atoms with E-state index in [1.54, 1.807) is 12.1 Å². The Morgan fingerprint density at radius 1 is 1.17 bits per heavy atom. The normalized spacial score (nSPS) is 18.5. The number of fused-ring (bicyclic) bond motifs is 1. The van der Waals surface area contributed by atoms with Crippen molar-refractivity contribution >= 4 is 16.1 Å². The topological polar surface area (TPSA) is 60.4 Å². The second kappa shape index (κ2) is 2.07. The van der Waals surface area contributed by atoms with Crippen molar-refractivity contribution in [2.75, 3.05) is 0 Å². The van der Waals surface area contributed by atoms with Crippen molar-refractivity contribution in [3.63, 3.8) is 0 Å². The molecule has 1 aliphatic heterocycles. The van der Waals surface area contributed by atoms with E-state index in [2.05, 4.69) is 4.18 Å². The molecule has 62 valence electrons. The molecule has 0 saturated carbocycles. The van der Waals surface area contributed by atoms with E-state index in [1.165, 1.54) is 12.1 Å². The van der Waals surface area contributed by atoms with E-state index in [1.807, 2.05) is 0 Å². The Morgan fingerprint density at radius 2 is 1.83 bits per heavy atom. The fourth-order valence-corrected chi connectivity index (χ4v) is 2.09. The molecule has 2 rings (SSSR count). The van der Waals surface area contributed by atoms with Gasteiger partial charge in [-0.3, -0.25) is 0 Å². The number of carbonyl (C=O) groups is 1. The van der Waals surface area contributed by atoms with Crippen molar-refractivity contribution in [1.29, 1.82) is 0 Å². The van der Waals surface area contributed by atoms with Crippen LogP contribution in [0.1, 0.15) is 10.4 Å². The van der Waals surface area contributed by atoms with Crippen molar-refractivity contribution in [3.8, 4) is 0 Å². The standard InChI is InChI=1S/C7H4O4S/c8-7-5-3-1-2-4-6(5)12(9,10)11-7/h1-4H. The summed E-state index contributed by atoms with van der Waals surface area (Å²) < 4.78 is 26.2. The molecule has 0 unspecified atom stereocenters. The van der Waals surface area contributed by atoms with Gasteiger partial charge in [0, 0.05) is 0 Å². The monoisotopic (exact) mass is 184 g/mol. The largest absolute Gasteiger partial charge is 0.355 e. The summed E-state index contributed by atoms with van der Waals surface area (Å²) in [5.74, 6) is -0.800. The highest BCUT2D eigenvalue weighted by Crippen LogP contribution is 2.25. The smallest absolute Gasteiger partial charge is 0.338 e. The molecule has 0 radical (unpaired) electrons. The Morgan fingerprint density at radius 3 is 2.50 bits per heavy atom. The highest BCUT2D eigenvalue weighted by Gasteiger charge is 2.34. The van der Waals surface area contributed by atoms with Gasteiger partial charge in [0.1, 0.15) is 4.90 Å². The van der Waals surface area contributed by atoms with E-state index < -0.39 is 16.1 Å². The van der Waals surface area contributed by atoms with Crippen LogP contribution >= 0.6 is 0 Å². The van der Waals surface area contributed by atoms with E-state index >= 15 is 0 Å². The van der Waals surface area contributed by atoms with Gasteiger partial charge in [-0.1, -0.05) is 12.1 Å². The summed E-state index contributed by atoms with van der Waals surface area (Å²) in [6.07, 6.45) is 0. The van der Waals surface area contributed by atoms with E-state index in [4.69, 9.17) is 0 Å². The first-order chi connectivity index (χ1) is 5.61. The van der Waals surface area contributed by atoms with E-state index in [0.29, 0.717) is 0 Å². The minimum atomic E-state index is -3.80. The molecule has 5 heteroatoms. The Hall–Kier alpha value is -1.36. The first-order valence-electron chi connectivity index (χ1n) is 3.19. The van der Waals surface area contributed by atoms with Gasteiger partial charge < -0.3 is 4.18 Å². The zero-order chi connectivity index (χ0) is 8.77. The Balaban J connectivity index is 2.83. The van der Waals surface area contributed by atoms with Crippen molar-refractivity contribution in [3.05, 3.63) is 29.8 Å². The van der Waals surface area contributed by atoms with Crippen molar-refractivity contribution in [1.82, 2.24) is 0 Å². The summed E-state index contributed by atoms with van der Waals surface area (Å²) in [6.45, 7) is 0. The molecule has 1 aromatic rings. The zero-order valence-corrected chi connectivity index (χ0v) is 6.67. The Labute approximate surface area is 68.9 Å². The van der Waals surface area contributed by atoms with Crippen LogP contribution in [0.15, 0.2) is 29.2 Å². The van der Waals surface area contributed by atoms with Crippen molar-refractivity contribution in [2.45, 2.75) is 4.90 Å². The summed E-state index contributed by atoms with van der Waals surface area (Å²) in [7, 11) is -3.80. The van der Waals surface area contributed by atoms with Crippen LogP contribution in [-0.2, 0) is 14.3 Å². The van der Waals surface area contributed by atoms with Gasteiger partial charge in [0.15, 0.2) is 0 Å². The van der Waals surface area contributed by atoms with Crippen LogP contribution in [0.2, 0.25) is 0 Å². The van der Waals surface area contributed by atoms with Crippen molar-refractivity contribution in [2.24, 2.45) is 0 Å². The average molecular weight is 184 g/mol. The summed E-state index contributed by atoms with van der Waals surface area (Å²) in [4.78, 5) is 10.8. The lowest BCUT2D eigenvalue weighted by atomic mass is 10.2. The summed E-state index contributed by atoms with van der Waals surface area (Å²) in [5, 5.41) is 0. The first-order valence-corrected chi connectivity index (χ1v) is 4.60. The maximum atomic E-state index is 11.0. The number of hydrogen-bond acceptors (Lipinski definition) is 4. The molecular formula is C7H4O4S. The Bertz CT molecular complexity index is 446. The molecule has 0 atom stereocenters. The first kappa shape index (κ1) is 7.30. The third-order valence-corrected chi connectivity index (χ3v) is 2.83. The molecule has 4 nitrogen and oxygen atoms in total. The summed E-state index contributed by atoms with van der Waals surface area (Å²) >= 11 is 0. The molecule has 12 heavy (non-hydrogen) atoms. The van der Waals surface area contributed by atoms with Crippen LogP contribution in [-0.4, -0.2) is 14.4 Å². The summed E-state index contributed by atoms with van der Waals surface area (Å²) in [6, 6.07) is 5.89. The van der Waals surface area contributed by atoms with E-state index in [9.17, 15) is 13.2 Å². The lowest BCUT2D eigenvalue weighted by Gasteiger charge is -1.89. The van der Waals surface area contributed by atoms with Crippen LogP contribution in [0, 0.1) is 0 Å². The molecule has 0 aromatic heterocycles. The highest BCUT2D eigenvalue weighted by molar-refractivity contribution is 7.87. The minimum absolute atomic E-state index is 0.0463. The predicted molar refractivity (Wildman–Crippen MR) is 39.0 cm³/mol. The van der Waals surface area contributed by atoms with Gasteiger partial charge in [-0.05, 0) is 12.1 Å². The number of hydrogen-bond donors (Lipinski definition) is 0. The molecule has 0 N–H and O–H groups in total. The maximum Gasteiger partial charge on any atom is 0.355 e. The van der Waals surface area contributed by atoms with Crippen LogP contribution in [0.5, 0.6) is 0 Å². The number of rotatable bonds is 0. The molecule has 0 saturated heterocycles. The lowest BCUT2D eigenvalue weighted by Crippen LogP contribution is -1.99. The fourth-order valence-electron chi connectivity index (χ4n) is 1.04. The van der Waals surface area contributed by atoms with Crippen LogP contribution < -0.4 is 0 Å².